The van der Waals surface area contributed by atoms with Crippen molar-refractivity contribution in [1.29, 1.82) is 5.26 Å². The van der Waals surface area contributed by atoms with Gasteiger partial charge < -0.3 is 10.2 Å². The summed E-state index contributed by atoms with van der Waals surface area (Å²) < 4.78 is 1.78. The molecule has 0 unspecified atom stereocenters. The van der Waals surface area contributed by atoms with Gasteiger partial charge in [0.15, 0.2) is 0 Å². The molecule has 0 aliphatic carbocycles. The number of hydrogen-bond donors (Lipinski definition) is 1. The lowest BCUT2D eigenvalue weighted by molar-refractivity contribution is -0.119. The Morgan fingerprint density at radius 2 is 2.12 bits per heavy atom. The fourth-order valence-electron chi connectivity index (χ4n) is 3.23. The first-order valence-corrected chi connectivity index (χ1v) is 10.7. The van der Waals surface area contributed by atoms with Crippen LogP contribution in [0.1, 0.15) is 33.6 Å². The molecule has 5 nitrogen and oxygen atoms in total. The van der Waals surface area contributed by atoms with E-state index >= 15 is 0 Å². The van der Waals surface area contributed by atoms with E-state index < -0.39 is 6.04 Å². The quantitative estimate of drug-likeness (QED) is 0.714. The van der Waals surface area contributed by atoms with Gasteiger partial charge in [-0.25, -0.2) is 0 Å². The van der Waals surface area contributed by atoms with Crippen molar-refractivity contribution in [2.24, 2.45) is 0 Å². The second-order valence-electron chi connectivity index (χ2n) is 6.14. The summed E-state index contributed by atoms with van der Waals surface area (Å²) in [6.07, 6.45) is 1.51. The van der Waals surface area contributed by atoms with Crippen molar-refractivity contribution < 1.29 is 9.59 Å². The fourth-order valence-corrected chi connectivity index (χ4v) is 5.84. The third-order valence-electron chi connectivity index (χ3n) is 4.53. The van der Waals surface area contributed by atoms with Gasteiger partial charge in [-0.2, -0.15) is 5.26 Å². The summed E-state index contributed by atoms with van der Waals surface area (Å²) >= 11 is 6.24. The lowest BCUT2D eigenvalue weighted by Crippen LogP contribution is -2.40. The van der Waals surface area contributed by atoms with Gasteiger partial charge in [-0.05, 0) is 30.5 Å². The second-order valence-corrected chi connectivity index (χ2v) is 9.32. The number of anilines is 1. The molecule has 132 valence electrons. The predicted octanol–water partition coefficient (Wildman–Crippen LogP) is 4.23. The Labute approximate surface area is 167 Å². The molecule has 0 spiro atoms. The number of thioether (sulfide) groups is 1. The van der Waals surface area contributed by atoms with Crippen molar-refractivity contribution in [2.45, 2.75) is 28.8 Å². The molecule has 1 aromatic heterocycles. The largest absolute Gasteiger partial charge is 0.326 e. The highest BCUT2D eigenvalue weighted by Crippen LogP contribution is 2.43. The number of carbonyl (C=O) groups is 2. The van der Waals surface area contributed by atoms with Gasteiger partial charge in [0.25, 0.3) is 5.91 Å². The number of nitriles is 1. The number of halogens is 1. The Kier molecular flexibility index (Phi) is 4.78. The number of carbonyl (C=O) groups excluding carboxylic acids is 2. The van der Waals surface area contributed by atoms with Crippen LogP contribution in [0.2, 0.25) is 0 Å². The number of amides is 2. The molecule has 2 aliphatic rings. The topological polar surface area (TPSA) is 73.2 Å². The minimum Gasteiger partial charge on any atom is -0.326 e. The molecular weight excluding hydrogens is 434 g/mol. The van der Waals surface area contributed by atoms with Crippen molar-refractivity contribution in [1.82, 2.24) is 4.90 Å². The van der Waals surface area contributed by atoms with E-state index in [0.717, 1.165) is 20.7 Å². The molecule has 2 amide bonds. The Bertz CT molecular complexity index is 933. The summed E-state index contributed by atoms with van der Waals surface area (Å²) in [6, 6.07) is 9.75. The zero-order valence-electron chi connectivity index (χ0n) is 13.6. The van der Waals surface area contributed by atoms with Gasteiger partial charge in [-0.1, -0.05) is 28.1 Å². The highest BCUT2D eigenvalue weighted by molar-refractivity contribution is 9.10. The van der Waals surface area contributed by atoms with Crippen LogP contribution in [0.15, 0.2) is 32.9 Å². The van der Waals surface area contributed by atoms with Gasteiger partial charge in [-0.15, -0.1) is 23.1 Å². The van der Waals surface area contributed by atoms with Crippen molar-refractivity contribution >= 4 is 56.5 Å². The summed E-state index contributed by atoms with van der Waals surface area (Å²) in [5.41, 5.74) is 1.91. The molecule has 0 saturated carbocycles. The first-order valence-electron chi connectivity index (χ1n) is 8.14. The summed E-state index contributed by atoms with van der Waals surface area (Å²) in [7, 11) is 0. The van der Waals surface area contributed by atoms with Crippen LogP contribution in [-0.4, -0.2) is 29.3 Å². The highest BCUT2D eigenvalue weighted by atomic mass is 79.9. The Hall–Kier alpha value is -1.82. The number of fused-ring (bicyclic) bond motifs is 2. The summed E-state index contributed by atoms with van der Waals surface area (Å²) in [5.74, 6) is 0.363. The maximum atomic E-state index is 12.9. The number of rotatable bonds is 3. The van der Waals surface area contributed by atoms with E-state index in [2.05, 4.69) is 27.3 Å². The maximum Gasteiger partial charge on any atom is 0.266 e. The molecule has 1 saturated heterocycles. The predicted molar refractivity (Wildman–Crippen MR) is 105 cm³/mol. The van der Waals surface area contributed by atoms with Crippen LogP contribution in [0.25, 0.3) is 0 Å². The normalized spacial score (nSPS) is 18.8. The van der Waals surface area contributed by atoms with E-state index in [0.29, 0.717) is 34.8 Å². The van der Waals surface area contributed by atoms with E-state index in [9.17, 15) is 14.9 Å². The summed E-state index contributed by atoms with van der Waals surface area (Å²) in [4.78, 5) is 27.5. The molecular formula is C18H14BrN3O2S2. The van der Waals surface area contributed by atoms with Crippen LogP contribution in [0.4, 0.5) is 5.69 Å². The molecule has 0 radical (unpaired) electrons. The Morgan fingerprint density at radius 3 is 2.85 bits per heavy atom. The van der Waals surface area contributed by atoms with Gasteiger partial charge in [0.05, 0.1) is 9.90 Å². The second kappa shape index (κ2) is 7.06. The first-order chi connectivity index (χ1) is 12.6. The first kappa shape index (κ1) is 17.6. The molecule has 1 aromatic carbocycles. The minimum atomic E-state index is -0.410. The van der Waals surface area contributed by atoms with Gasteiger partial charge in [0.1, 0.15) is 22.6 Å². The van der Waals surface area contributed by atoms with Gasteiger partial charge in [-0.3, -0.25) is 9.59 Å². The number of benzene rings is 1. The van der Waals surface area contributed by atoms with Gasteiger partial charge in [0, 0.05) is 16.8 Å². The zero-order valence-corrected chi connectivity index (χ0v) is 16.8. The highest BCUT2D eigenvalue weighted by Gasteiger charge is 2.40. The third-order valence-corrected chi connectivity index (χ3v) is 7.58. The van der Waals surface area contributed by atoms with E-state index in [-0.39, 0.29) is 11.8 Å². The van der Waals surface area contributed by atoms with Crippen LogP contribution in [0, 0.1) is 11.3 Å². The summed E-state index contributed by atoms with van der Waals surface area (Å²) in [6.45, 7) is 0.595. The van der Waals surface area contributed by atoms with E-state index in [1.165, 1.54) is 23.1 Å². The molecule has 1 fully saturated rings. The van der Waals surface area contributed by atoms with Crippen molar-refractivity contribution in [3.63, 3.8) is 0 Å². The molecule has 0 bridgehead atoms. The average molecular weight is 448 g/mol. The van der Waals surface area contributed by atoms with Crippen LogP contribution < -0.4 is 5.32 Å². The van der Waals surface area contributed by atoms with Crippen molar-refractivity contribution in [3.05, 3.63) is 44.7 Å². The number of nitrogens with one attached hydrogen (secondary N) is 1. The van der Waals surface area contributed by atoms with Crippen LogP contribution in [-0.2, 0) is 10.5 Å². The molecule has 1 atom stereocenters. The van der Waals surface area contributed by atoms with Crippen LogP contribution in [0.5, 0.6) is 0 Å². The molecule has 2 aromatic rings. The van der Waals surface area contributed by atoms with Crippen molar-refractivity contribution in [3.8, 4) is 6.07 Å². The Morgan fingerprint density at radius 1 is 1.35 bits per heavy atom. The minimum absolute atomic E-state index is 0.141. The zero-order chi connectivity index (χ0) is 18.3. The average Bonchev–Trinajstić information content (AvgIpc) is 3.23. The SMILES string of the molecule is N#Cc1c(SCc2ccc(Br)cc2)sc2c1NC(=O)[C@@H]1CCCN1C2=O. The third kappa shape index (κ3) is 3.04. The van der Waals surface area contributed by atoms with Gasteiger partial charge in [0.2, 0.25) is 5.91 Å². The monoisotopic (exact) mass is 447 g/mol. The molecule has 3 heterocycles. The smallest absolute Gasteiger partial charge is 0.266 e. The number of hydrogen-bond acceptors (Lipinski definition) is 5. The standard InChI is InChI=1S/C18H14BrN3O2S2/c19-11-5-3-10(4-6-11)9-25-18-12(8-20)14-15(26-18)17(24)22-7-1-2-13(22)16(23)21-14/h3-6,13H,1-2,7,9H2,(H,21,23)/t13-/m0/s1. The van der Waals surface area contributed by atoms with E-state index in [4.69, 9.17) is 0 Å². The molecule has 1 N–H and O–H groups in total. The van der Waals surface area contributed by atoms with E-state index in [1.54, 1.807) is 4.90 Å². The van der Waals surface area contributed by atoms with Crippen LogP contribution >= 0.6 is 39.0 Å². The van der Waals surface area contributed by atoms with Gasteiger partial charge >= 0.3 is 0 Å². The van der Waals surface area contributed by atoms with Crippen LogP contribution in [0.3, 0.4) is 0 Å². The summed E-state index contributed by atoms with van der Waals surface area (Å²) in [5, 5.41) is 12.5. The van der Waals surface area contributed by atoms with E-state index in [1.807, 2.05) is 24.3 Å². The van der Waals surface area contributed by atoms with Crippen molar-refractivity contribution in [2.75, 3.05) is 11.9 Å². The molecule has 2 aliphatic heterocycles. The molecule has 8 heteroatoms. The Balaban J connectivity index is 1.65. The lowest BCUT2D eigenvalue weighted by Gasteiger charge is -2.19. The molecule has 26 heavy (non-hydrogen) atoms. The fraction of sp³-hybridized carbons (Fsp3) is 0.278. The number of thiophene rings is 1. The number of nitrogens with zero attached hydrogens (tertiary/aromatic N) is 2. The maximum absolute atomic E-state index is 12.9. The molecule has 4 rings (SSSR count). The lowest BCUT2D eigenvalue weighted by atomic mass is 10.2.